The quantitative estimate of drug-likeness (QED) is 0.915. The van der Waals surface area contributed by atoms with Gasteiger partial charge in [-0.3, -0.25) is 5.41 Å². The number of thioether (sulfide) groups is 1. The number of nitrogens with zero attached hydrogens (tertiary/aromatic N) is 1. The van der Waals surface area contributed by atoms with Gasteiger partial charge in [-0.1, -0.05) is 42.1 Å². The third-order valence-electron chi connectivity index (χ3n) is 3.68. The standard InChI is InChI=1S/C13H16N2O2S2/c14-13-15(7-6-10-4-2-1-3-5-10)11-8-19(16,17)9-12(11)18-13/h1-5,11-12,14H,6-9H2/t11-,12+/m0/s1. The van der Waals surface area contributed by atoms with Gasteiger partial charge in [-0.05, 0) is 12.0 Å². The summed E-state index contributed by atoms with van der Waals surface area (Å²) >= 11 is 1.41. The van der Waals surface area contributed by atoms with Crippen molar-refractivity contribution < 1.29 is 8.42 Å². The van der Waals surface area contributed by atoms with Gasteiger partial charge in [0.05, 0.1) is 17.5 Å². The second kappa shape index (κ2) is 4.83. The summed E-state index contributed by atoms with van der Waals surface area (Å²) < 4.78 is 23.3. The van der Waals surface area contributed by atoms with Gasteiger partial charge >= 0.3 is 0 Å². The molecule has 0 radical (unpaired) electrons. The van der Waals surface area contributed by atoms with E-state index in [4.69, 9.17) is 5.41 Å². The van der Waals surface area contributed by atoms with Crippen molar-refractivity contribution in [2.45, 2.75) is 17.7 Å². The molecule has 0 bridgehead atoms. The van der Waals surface area contributed by atoms with Crippen molar-refractivity contribution >= 4 is 26.8 Å². The molecule has 0 saturated carbocycles. The Morgan fingerprint density at radius 2 is 2.00 bits per heavy atom. The van der Waals surface area contributed by atoms with Crippen LogP contribution in [0.2, 0.25) is 0 Å². The minimum Gasteiger partial charge on any atom is -0.346 e. The molecule has 102 valence electrons. The second-order valence-electron chi connectivity index (χ2n) is 5.03. The fourth-order valence-corrected chi connectivity index (χ4v) is 6.58. The molecule has 2 aliphatic heterocycles. The van der Waals surface area contributed by atoms with E-state index in [1.165, 1.54) is 17.3 Å². The Morgan fingerprint density at radius 3 is 2.74 bits per heavy atom. The summed E-state index contributed by atoms with van der Waals surface area (Å²) in [6, 6.07) is 10.1. The Labute approximate surface area is 117 Å². The highest BCUT2D eigenvalue weighted by Gasteiger charge is 2.47. The Balaban J connectivity index is 1.69. The first-order valence-electron chi connectivity index (χ1n) is 6.31. The molecule has 1 aromatic rings. The van der Waals surface area contributed by atoms with E-state index in [9.17, 15) is 8.42 Å². The molecule has 2 saturated heterocycles. The minimum atomic E-state index is -2.90. The van der Waals surface area contributed by atoms with Gasteiger partial charge < -0.3 is 4.90 Å². The molecule has 2 fully saturated rings. The van der Waals surface area contributed by atoms with Crippen LogP contribution in [-0.4, -0.2) is 47.8 Å². The van der Waals surface area contributed by atoms with Gasteiger partial charge in [-0.2, -0.15) is 0 Å². The molecule has 1 aromatic carbocycles. The molecule has 2 atom stereocenters. The largest absolute Gasteiger partial charge is 0.346 e. The Morgan fingerprint density at radius 1 is 1.26 bits per heavy atom. The Kier molecular flexibility index (Phi) is 3.30. The van der Waals surface area contributed by atoms with Gasteiger partial charge in [0.1, 0.15) is 0 Å². The van der Waals surface area contributed by atoms with Crippen LogP contribution in [0.4, 0.5) is 0 Å². The van der Waals surface area contributed by atoms with Crippen molar-refractivity contribution in [3.63, 3.8) is 0 Å². The number of amidine groups is 1. The number of hydrogen-bond donors (Lipinski definition) is 1. The summed E-state index contributed by atoms with van der Waals surface area (Å²) in [5.41, 5.74) is 1.23. The van der Waals surface area contributed by atoms with Gasteiger partial charge in [0, 0.05) is 11.8 Å². The third-order valence-corrected chi connectivity index (χ3v) is 6.85. The summed E-state index contributed by atoms with van der Waals surface area (Å²) in [4.78, 5) is 1.97. The number of benzene rings is 1. The Hall–Kier alpha value is -1.01. The molecule has 0 aliphatic carbocycles. The molecular weight excluding hydrogens is 280 g/mol. The highest BCUT2D eigenvalue weighted by Crippen LogP contribution is 2.37. The average molecular weight is 296 g/mol. The average Bonchev–Trinajstić information content (AvgIpc) is 2.79. The lowest BCUT2D eigenvalue weighted by Gasteiger charge is -2.23. The van der Waals surface area contributed by atoms with Crippen molar-refractivity contribution in [1.29, 1.82) is 5.41 Å². The summed E-state index contributed by atoms with van der Waals surface area (Å²) in [6.07, 6.45) is 0.854. The maximum Gasteiger partial charge on any atom is 0.157 e. The van der Waals surface area contributed by atoms with E-state index in [0.29, 0.717) is 5.17 Å². The zero-order valence-corrected chi connectivity index (χ0v) is 12.1. The van der Waals surface area contributed by atoms with Crippen LogP contribution < -0.4 is 0 Å². The van der Waals surface area contributed by atoms with Crippen LogP contribution in [0.1, 0.15) is 5.56 Å². The molecule has 0 amide bonds. The van der Waals surface area contributed by atoms with Crippen molar-refractivity contribution in [1.82, 2.24) is 4.90 Å². The zero-order valence-electron chi connectivity index (χ0n) is 10.5. The van der Waals surface area contributed by atoms with Crippen LogP contribution in [0.25, 0.3) is 0 Å². The van der Waals surface area contributed by atoms with Crippen molar-refractivity contribution in [3.05, 3.63) is 35.9 Å². The monoisotopic (exact) mass is 296 g/mol. The molecule has 1 N–H and O–H groups in total. The minimum absolute atomic E-state index is 0.00575. The third kappa shape index (κ3) is 2.65. The highest BCUT2D eigenvalue weighted by atomic mass is 32.2. The van der Waals surface area contributed by atoms with E-state index in [-0.39, 0.29) is 22.8 Å². The van der Waals surface area contributed by atoms with Gasteiger partial charge in [0.15, 0.2) is 15.0 Å². The maximum absolute atomic E-state index is 11.7. The molecule has 4 nitrogen and oxygen atoms in total. The van der Waals surface area contributed by atoms with Gasteiger partial charge in [-0.25, -0.2) is 8.42 Å². The van der Waals surface area contributed by atoms with Gasteiger partial charge in [0.2, 0.25) is 0 Å². The first kappa shape index (κ1) is 13.0. The summed E-state index contributed by atoms with van der Waals surface area (Å²) in [5, 5.41) is 8.58. The van der Waals surface area contributed by atoms with Gasteiger partial charge in [-0.15, -0.1) is 0 Å². The van der Waals surface area contributed by atoms with Crippen LogP contribution in [0.5, 0.6) is 0 Å². The van der Waals surface area contributed by atoms with Crippen LogP contribution >= 0.6 is 11.8 Å². The SMILES string of the molecule is N=C1S[C@@H]2CS(=O)(=O)C[C@@H]2N1CCc1ccccc1. The first-order valence-corrected chi connectivity index (χ1v) is 9.01. The fraction of sp³-hybridized carbons (Fsp3) is 0.462. The smallest absolute Gasteiger partial charge is 0.157 e. The molecular formula is C13H16N2O2S2. The summed E-state index contributed by atoms with van der Waals surface area (Å²) in [7, 11) is -2.90. The molecule has 3 rings (SSSR count). The van der Waals surface area contributed by atoms with Crippen LogP contribution in [-0.2, 0) is 16.3 Å². The van der Waals surface area contributed by atoms with Crippen molar-refractivity contribution in [2.24, 2.45) is 0 Å². The topological polar surface area (TPSA) is 61.2 Å². The molecule has 19 heavy (non-hydrogen) atoms. The molecule has 0 spiro atoms. The normalized spacial score (nSPS) is 28.6. The number of fused-ring (bicyclic) bond motifs is 1. The fourth-order valence-electron chi connectivity index (χ4n) is 2.72. The van der Waals surface area contributed by atoms with Crippen LogP contribution in [0, 0.1) is 5.41 Å². The molecule has 6 heteroatoms. The van der Waals surface area contributed by atoms with E-state index < -0.39 is 9.84 Å². The predicted molar refractivity (Wildman–Crippen MR) is 78.4 cm³/mol. The summed E-state index contributed by atoms with van der Waals surface area (Å²) in [5.74, 6) is 0.439. The van der Waals surface area contributed by atoms with Crippen molar-refractivity contribution in [3.8, 4) is 0 Å². The number of rotatable bonds is 3. The Bertz CT molecular complexity index is 586. The molecule has 2 aliphatic rings. The highest BCUT2D eigenvalue weighted by molar-refractivity contribution is 8.15. The van der Waals surface area contributed by atoms with E-state index >= 15 is 0 Å². The molecule has 0 aromatic heterocycles. The number of nitrogens with one attached hydrogen (secondary N) is 1. The maximum atomic E-state index is 11.7. The van der Waals surface area contributed by atoms with E-state index in [1.54, 1.807) is 0 Å². The van der Waals surface area contributed by atoms with Crippen LogP contribution in [0.15, 0.2) is 30.3 Å². The predicted octanol–water partition coefficient (Wildman–Crippen LogP) is 1.38. The van der Waals surface area contributed by atoms with Crippen LogP contribution in [0.3, 0.4) is 0 Å². The van der Waals surface area contributed by atoms with Gasteiger partial charge in [0.25, 0.3) is 0 Å². The van der Waals surface area contributed by atoms with Crippen molar-refractivity contribution in [2.75, 3.05) is 18.1 Å². The lowest BCUT2D eigenvalue weighted by Crippen LogP contribution is -2.38. The lowest BCUT2D eigenvalue weighted by atomic mass is 10.1. The second-order valence-corrected chi connectivity index (χ2v) is 8.42. The zero-order chi connectivity index (χ0) is 13.5. The summed E-state index contributed by atoms with van der Waals surface area (Å²) in [6.45, 7) is 0.729. The number of sulfone groups is 1. The molecule has 0 unspecified atom stereocenters. The number of hydrogen-bond acceptors (Lipinski definition) is 4. The van der Waals surface area contributed by atoms with E-state index in [1.807, 2.05) is 23.1 Å². The van der Waals surface area contributed by atoms with E-state index in [2.05, 4.69) is 12.1 Å². The lowest BCUT2D eigenvalue weighted by molar-refractivity contribution is 0.359. The molecule has 2 heterocycles. The van der Waals surface area contributed by atoms with E-state index in [0.717, 1.165) is 13.0 Å². The first-order chi connectivity index (χ1) is 9.05.